The van der Waals surface area contributed by atoms with Gasteiger partial charge in [0.2, 0.25) is 0 Å². The molecular formula is C18H18N2O2. The Kier molecular flexibility index (Phi) is 3.10. The number of nitrogens with zero attached hydrogens (tertiary/aromatic N) is 1. The Morgan fingerprint density at radius 3 is 2.64 bits per heavy atom. The second-order valence-corrected chi connectivity index (χ2v) is 6.34. The van der Waals surface area contributed by atoms with Gasteiger partial charge in [0.25, 0.3) is 5.91 Å². The lowest BCUT2D eigenvalue weighted by molar-refractivity contribution is 0.0952. The lowest BCUT2D eigenvalue weighted by Gasteiger charge is -2.12. The minimum atomic E-state index is -0.349. The van der Waals surface area contributed by atoms with E-state index in [0.29, 0.717) is 5.92 Å². The first-order valence-corrected chi connectivity index (χ1v) is 7.79. The highest BCUT2D eigenvalue weighted by atomic mass is 16.3. The highest BCUT2D eigenvalue weighted by Gasteiger charge is 2.36. The topological polar surface area (TPSA) is 61.7 Å². The van der Waals surface area contributed by atoms with Crippen LogP contribution in [0.2, 0.25) is 0 Å². The lowest BCUT2D eigenvalue weighted by atomic mass is 9.99. The van der Waals surface area contributed by atoms with Crippen LogP contribution >= 0.6 is 0 Å². The quantitative estimate of drug-likeness (QED) is 0.833. The average Bonchev–Trinajstić information content (AvgIpc) is 3.14. The average molecular weight is 294 g/mol. The number of nitrogens with one attached hydrogen (secondary N) is 1. The van der Waals surface area contributed by atoms with E-state index in [9.17, 15) is 9.90 Å². The van der Waals surface area contributed by atoms with Crippen molar-refractivity contribution in [1.29, 1.82) is 0 Å². The third kappa shape index (κ3) is 2.25. The third-order valence-corrected chi connectivity index (χ3v) is 4.92. The van der Waals surface area contributed by atoms with E-state index in [1.807, 2.05) is 24.3 Å². The van der Waals surface area contributed by atoms with E-state index in [0.717, 1.165) is 28.8 Å². The molecule has 2 aromatic rings. The molecule has 2 fully saturated rings. The van der Waals surface area contributed by atoms with Gasteiger partial charge in [0.1, 0.15) is 5.75 Å². The van der Waals surface area contributed by atoms with Crippen LogP contribution in [-0.2, 0) is 0 Å². The maximum absolute atomic E-state index is 12.3. The van der Waals surface area contributed by atoms with Crippen molar-refractivity contribution in [2.24, 2.45) is 16.9 Å². The number of aromatic hydroxyl groups is 1. The first-order valence-electron chi connectivity index (χ1n) is 7.79. The smallest absolute Gasteiger partial charge is 0.275 e. The van der Waals surface area contributed by atoms with E-state index in [-0.39, 0.29) is 17.2 Å². The molecule has 2 bridgehead atoms. The summed E-state index contributed by atoms with van der Waals surface area (Å²) in [6.07, 6.45) is 4.72. The van der Waals surface area contributed by atoms with Crippen molar-refractivity contribution in [1.82, 2.24) is 5.43 Å². The van der Waals surface area contributed by atoms with Crippen molar-refractivity contribution >= 4 is 22.4 Å². The Labute approximate surface area is 128 Å². The maximum Gasteiger partial charge on any atom is 0.275 e. The number of benzene rings is 2. The molecule has 2 aliphatic rings. The SMILES string of the molecule is O=C(NN=C1CC2CCC1C2)c1cc2ccccc2cc1O. The standard InChI is InChI=1S/C18H18N2O2/c21-17-10-13-4-2-1-3-12(13)9-15(17)18(22)20-19-16-8-11-5-6-14(16)7-11/h1-4,9-11,14,21H,5-8H2,(H,20,22). The number of phenols is 1. The van der Waals surface area contributed by atoms with E-state index >= 15 is 0 Å². The fraction of sp³-hybridized carbons (Fsp3) is 0.333. The summed E-state index contributed by atoms with van der Waals surface area (Å²) in [6, 6.07) is 11.0. The van der Waals surface area contributed by atoms with E-state index in [1.165, 1.54) is 19.3 Å². The molecule has 0 radical (unpaired) electrons. The summed E-state index contributed by atoms with van der Waals surface area (Å²) in [5, 5.41) is 16.2. The van der Waals surface area contributed by atoms with E-state index in [4.69, 9.17) is 0 Å². The number of amides is 1. The molecule has 22 heavy (non-hydrogen) atoms. The van der Waals surface area contributed by atoms with Crippen LogP contribution in [0.3, 0.4) is 0 Å². The van der Waals surface area contributed by atoms with Gasteiger partial charge in [-0.2, -0.15) is 5.10 Å². The molecule has 2 saturated carbocycles. The summed E-state index contributed by atoms with van der Waals surface area (Å²) < 4.78 is 0. The van der Waals surface area contributed by atoms with Crippen molar-refractivity contribution in [3.8, 4) is 5.75 Å². The Bertz CT molecular complexity index is 782. The minimum Gasteiger partial charge on any atom is -0.507 e. The molecule has 4 nitrogen and oxygen atoms in total. The van der Waals surface area contributed by atoms with Crippen LogP contribution in [0.1, 0.15) is 36.0 Å². The zero-order chi connectivity index (χ0) is 15.1. The number of hydrazone groups is 1. The molecule has 4 rings (SSSR count). The zero-order valence-electron chi connectivity index (χ0n) is 12.2. The number of hydrogen-bond acceptors (Lipinski definition) is 3. The van der Waals surface area contributed by atoms with Gasteiger partial charge in [0.15, 0.2) is 0 Å². The molecule has 1 amide bonds. The number of carbonyl (C=O) groups is 1. The van der Waals surface area contributed by atoms with Crippen LogP contribution in [-0.4, -0.2) is 16.7 Å². The van der Waals surface area contributed by atoms with Gasteiger partial charge >= 0.3 is 0 Å². The molecule has 2 N–H and O–H groups in total. The zero-order valence-corrected chi connectivity index (χ0v) is 12.2. The van der Waals surface area contributed by atoms with E-state index in [2.05, 4.69) is 10.5 Å². The van der Waals surface area contributed by atoms with Gasteiger partial charge in [-0.05, 0) is 60.4 Å². The van der Waals surface area contributed by atoms with Crippen LogP contribution in [0.25, 0.3) is 10.8 Å². The fourth-order valence-corrected chi connectivity index (χ4v) is 3.76. The molecule has 4 heteroatoms. The fourth-order valence-electron chi connectivity index (χ4n) is 3.76. The second kappa shape index (κ2) is 5.13. The molecule has 0 heterocycles. The molecule has 0 aliphatic heterocycles. The van der Waals surface area contributed by atoms with E-state index < -0.39 is 0 Å². The molecule has 2 atom stereocenters. The van der Waals surface area contributed by atoms with Crippen molar-refractivity contribution in [3.63, 3.8) is 0 Å². The molecule has 2 unspecified atom stereocenters. The van der Waals surface area contributed by atoms with Crippen molar-refractivity contribution in [2.75, 3.05) is 0 Å². The highest BCUT2D eigenvalue weighted by Crippen LogP contribution is 2.42. The predicted octanol–water partition coefficient (Wildman–Crippen LogP) is 3.45. The van der Waals surface area contributed by atoms with Crippen LogP contribution < -0.4 is 5.43 Å². The first-order chi connectivity index (χ1) is 10.7. The summed E-state index contributed by atoms with van der Waals surface area (Å²) in [4.78, 5) is 12.3. The van der Waals surface area contributed by atoms with Gasteiger partial charge in [-0.25, -0.2) is 5.43 Å². The lowest BCUT2D eigenvalue weighted by Crippen LogP contribution is -2.22. The van der Waals surface area contributed by atoms with Gasteiger partial charge in [-0.1, -0.05) is 24.3 Å². The van der Waals surface area contributed by atoms with Crippen molar-refractivity contribution < 1.29 is 9.90 Å². The number of phenolic OH excluding ortho intramolecular Hbond substituents is 1. The van der Waals surface area contributed by atoms with Gasteiger partial charge in [-0.15, -0.1) is 0 Å². The summed E-state index contributed by atoms with van der Waals surface area (Å²) in [7, 11) is 0. The molecule has 2 aromatic carbocycles. The van der Waals surface area contributed by atoms with Crippen molar-refractivity contribution in [3.05, 3.63) is 42.0 Å². The number of hydrogen-bond donors (Lipinski definition) is 2. The Hall–Kier alpha value is -2.36. The maximum atomic E-state index is 12.3. The van der Waals surface area contributed by atoms with Crippen LogP contribution in [0.5, 0.6) is 5.75 Å². The third-order valence-electron chi connectivity index (χ3n) is 4.92. The van der Waals surface area contributed by atoms with Crippen LogP contribution in [0.4, 0.5) is 0 Å². The van der Waals surface area contributed by atoms with E-state index in [1.54, 1.807) is 12.1 Å². The van der Waals surface area contributed by atoms with Gasteiger partial charge in [0, 0.05) is 5.71 Å². The molecule has 2 aliphatic carbocycles. The molecule has 0 aromatic heterocycles. The number of carbonyl (C=O) groups excluding carboxylic acids is 1. The molecule has 0 spiro atoms. The van der Waals surface area contributed by atoms with Gasteiger partial charge in [-0.3, -0.25) is 4.79 Å². The predicted molar refractivity (Wildman–Crippen MR) is 86.0 cm³/mol. The molecular weight excluding hydrogens is 276 g/mol. The molecule has 112 valence electrons. The number of fused-ring (bicyclic) bond motifs is 3. The molecule has 0 saturated heterocycles. The van der Waals surface area contributed by atoms with Gasteiger partial charge < -0.3 is 5.11 Å². The second-order valence-electron chi connectivity index (χ2n) is 6.34. The summed E-state index contributed by atoms with van der Waals surface area (Å²) in [5.41, 5.74) is 4.01. The minimum absolute atomic E-state index is 0.00987. The Morgan fingerprint density at radius 2 is 1.95 bits per heavy atom. The Morgan fingerprint density at radius 1 is 1.18 bits per heavy atom. The normalized spacial score (nSPS) is 25.0. The van der Waals surface area contributed by atoms with Crippen LogP contribution in [0.15, 0.2) is 41.5 Å². The van der Waals surface area contributed by atoms with Crippen LogP contribution in [0, 0.1) is 11.8 Å². The summed E-state index contributed by atoms with van der Waals surface area (Å²) in [5.74, 6) is 0.952. The largest absolute Gasteiger partial charge is 0.507 e. The summed E-state index contributed by atoms with van der Waals surface area (Å²) in [6.45, 7) is 0. The Balaban J connectivity index is 1.57. The van der Waals surface area contributed by atoms with Crippen molar-refractivity contribution in [2.45, 2.75) is 25.7 Å². The first kappa shape index (κ1) is 13.3. The number of rotatable bonds is 2. The monoisotopic (exact) mass is 294 g/mol. The van der Waals surface area contributed by atoms with Gasteiger partial charge in [0.05, 0.1) is 5.56 Å². The summed E-state index contributed by atoms with van der Waals surface area (Å²) >= 11 is 0. The highest BCUT2D eigenvalue weighted by molar-refractivity contribution is 6.02.